The summed E-state index contributed by atoms with van der Waals surface area (Å²) in [7, 11) is 0. The molecule has 0 radical (unpaired) electrons. The zero-order valence-electron chi connectivity index (χ0n) is 15.6. The van der Waals surface area contributed by atoms with Gasteiger partial charge in [-0.2, -0.15) is 0 Å². The van der Waals surface area contributed by atoms with Crippen LogP contribution in [0.15, 0.2) is 36.5 Å². The zero-order chi connectivity index (χ0) is 20.0. The Labute approximate surface area is 157 Å². The lowest BCUT2D eigenvalue weighted by molar-refractivity contribution is -0.125. The van der Waals surface area contributed by atoms with Gasteiger partial charge in [0.1, 0.15) is 0 Å². The molecule has 1 aromatic carbocycles. The first kappa shape index (κ1) is 20.5. The molecule has 1 aliphatic carbocycles. The Balaban J connectivity index is 0.000000189. The SMILES string of the molecule is CC.Cc1ccc(-c2ccc(F)c(F)c2)nc1.O=C1CNC(=O)N1C1CC1. The highest BCUT2D eigenvalue weighted by atomic mass is 19.2. The van der Waals surface area contributed by atoms with E-state index in [2.05, 4.69) is 10.3 Å². The molecule has 7 heteroatoms. The predicted molar refractivity (Wildman–Crippen MR) is 98.9 cm³/mol. The largest absolute Gasteiger partial charge is 0.329 e. The van der Waals surface area contributed by atoms with Crippen molar-refractivity contribution in [3.8, 4) is 11.3 Å². The smallest absolute Gasteiger partial charge is 0.324 e. The fourth-order valence-corrected chi connectivity index (χ4v) is 2.43. The van der Waals surface area contributed by atoms with E-state index in [0.29, 0.717) is 11.3 Å². The number of halogens is 2. The number of nitrogens with one attached hydrogen (secondary N) is 1. The number of benzene rings is 1. The van der Waals surface area contributed by atoms with E-state index in [0.717, 1.165) is 30.5 Å². The van der Waals surface area contributed by atoms with Crippen molar-refractivity contribution in [3.05, 3.63) is 53.7 Å². The summed E-state index contributed by atoms with van der Waals surface area (Å²) in [4.78, 5) is 27.2. The number of pyridine rings is 1. The third-order valence-electron chi connectivity index (χ3n) is 3.92. The normalized spacial score (nSPS) is 15.4. The van der Waals surface area contributed by atoms with Crippen LogP contribution < -0.4 is 5.32 Å². The van der Waals surface area contributed by atoms with Crippen molar-refractivity contribution >= 4 is 11.9 Å². The Morgan fingerprint density at radius 2 is 1.78 bits per heavy atom. The van der Waals surface area contributed by atoms with Gasteiger partial charge in [0.2, 0.25) is 5.91 Å². The molecule has 0 unspecified atom stereocenters. The standard InChI is InChI=1S/C12H9F2N.C6H8N2O2.C2H6/c1-8-2-5-12(15-7-8)9-3-4-10(13)11(14)6-9;9-5-3-7-6(10)8(5)4-1-2-4;1-2/h2-7H,1H3;4H,1-3H2,(H,7,10);1-2H3. The molecule has 27 heavy (non-hydrogen) atoms. The van der Waals surface area contributed by atoms with Crippen molar-refractivity contribution in [3.63, 3.8) is 0 Å². The van der Waals surface area contributed by atoms with Crippen molar-refractivity contribution in [2.45, 2.75) is 39.7 Å². The number of nitrogens with zero attached hydrogens (tertiary/aromatic N) is 2. The summed E-state index contributed by atoms with van der Waals surface area (Å²) < 4.78 is 25.6. The summed E-state index contributed by atoms with van der Waals surface area (Å²) in [6, 6.07) is 7.42. The third kappa shape index (κ3) is 5.32. The van der Waals surface area contributed by atoms with E-state index in [1.807, 2.05) is 26.8 Å². The number of hydrogen-bond acceptors (Lipinski definition) is 3. The van der Waals surface area contributed by atoms with E-state index >= 15 is 0 Å². The molecule has 3 amide bonds. The summed E-state index contributed by atoms with van der Waals surface area (Å²) in [5.74, 6) is -1.77. The van der Waals surface area contributed by atoms with Crippen LogP contribution in [0.5, 0.6) is 0 Å². The molecular formula is C20H23F2N3O2. The molecule has 1 saturated heterocycles. The fraction of sp³-hybridized carbons (Fsp3) is 0.350. The van der Waals surface area contributed by atoms with Gasteiger partial charge in [-0.3, -0.25) is 14.7 Å². The molecule has 0 atom stereocenters. The van der Waals surface area contributed by atoms with Gasteiger partial charge in [0.25, 0.3) is 0 Å². The molecule has 144 valence electrons. The van der Waals surface area contributed by atoms with E-state index in [1.54, 1.807) is 12.3 Å². The molecule has 0 spiro atoms. The van der Waals surface area contributed by atoms with Crippen LogP contribution in [-0.4, -0.2) is 34.4 Å². The minimum atomic E-state index is -0.852. The summed E-state index contributed by atoms with van der Waals surface area (Å²) in [6.07, 6.45) is 3.66. The van der Waals surface area contributed by atoms with Crippen LogP contribution in [0.3, 0.4) is 0 Å². The Bertz CT molecular complexity index is 789. The number of hydrogen-bond donors (Lipinski definition) is 1. The molecule has 4 rings (SSSR count). The van der Waals surface area contributed by atoms with Crippen molar-refractivity contribution in [1.82, 2.24) is 15.2 Å². The van der Waals surface area contributed by atoms with Crippen LogP contribution in [0.4, 0.5) is 13.6 Å². The highest BCUT2D eigenvalue weighted by Crippen LogP contribution is 2.28. The Morgan fingerprint density at radius 3 is 2.26 bits per heavy atom. The molecule has 2 aliphatic rings. The molecular weight excluding hydrogens is 352 g/mol. The quantitative estimate of drug-likeness (QED) is 0.805. The number of aromatic nitrogens is 1. The van der Waals surface area contributed by atoms with E-state index in [1.165, 1.54) is 11.0 Å². The first-order chi connectivity index (χ1) is 13.0. The molecule has 0 bridgehead atoms. The second-order valence-electron chi connectivity index (χ2n) is 6.00. The van der Waals surface area contributed by atoms with Gasteiger partial charge in [-0.05, 0) is 49.6 Å². The van der Waals surface area contributed by atoms with E-state index < -0.39 is 11.6 Å². The average Bonchev–Trinajstić information content (AvgIpc) is 3.45. The van der Waals surface area contributed by atoms with Gasteiger partial charge in [-0.15, -0.1) is 0 Å². The predicted octanol–water partition coefficient (Wildman–Crippen LogP) is 4.06. The maximum Gasteiger partial charge on any atom is 0.324 e. The van der Waals surface area contributed by atoms with Gasteiger partial charge in [-0.25, -0.2) is 13.6 Å². The molecule has 1 aromatic heterocycles. The number of amides is 3. The fourth-order valence-electron chi connectivity index (χ4n) is 2.43. The molecule has 2 heterocycles. The monoisotopic (exact) mass is 375 g/mol. The Hall–Kier alpha value is -2.83. The number of aryl methyl sites for hydroxylation is 1. The summed E-state index contributed by atoms with van der Waals surface area (Å²) in [5, 5.41) is 2.48. The molecule has 5 nitrogen and oxygen atoms in total. The number of rotatable bonds is 2. The maximum absolute atomic E-state index is 12.9. The van der Waals surface area contributed by atoms with Gasteiger partial charge in [0.05, 0.1) is 12.2 Å². The second kappa shape index (κ2) is 9.21. The molecule has 2 fully saturated rings. The third-order valence-corrected chi connectivity index (χ3v) is 3.92. The van der Waals surface area contributed by atoms with Gasteiger partial charge < -0.3 is 5.32 Å². The van der Waals surface area contributed by atoms with Crippen molar-refractivity contribution in [2.24, 2.45) is 0 Å². The minimum Gasteiger partial charge on any atom is -0.329 e. The van der Waals surface area contributed by atoms with Gasteiger partial charge >= 0.3 is 6.03 Å². The van der Waals surface area contributed by atoms with Crippen molar-refractivity contribution < 1.29 is 18.4 Å². The zero-order valence-corrected chi connectivity index (χ0v) is 15.6. The molecule has 2 aromatic rings. The first-order valence-electron chi connectivity index (χ1n) is 8.93. The number of urea groups is 1. The summed E-state index contributed by atoms with van der Waals surface area (Å²) >= 11 is 0. The maximum atomic E-state index is 12.9. The molecule has 1 N–H and O–H groups in total. The Morgan fingerprint density at radius 1 is 1.07 bits per heavy atom. The van der Waals surface area contributed by atoms with Crippen LogP contribution in [0.25, 0.3) is 11.3 Å². The molecule has 1 saturated carbocycles. The number of carbonyl (C=O) groups excluding carboxylic acids is 2. The highest BCUT2D eigenvalue weighted by Gasteiger charge is 2.40. The Kier molecular flexibility index (Phi) is 6.98. The van der Waals surface area contributed by atoms with Gasteiger partial charge in [0, 0.05) is 17.8 Å². The lowest BCUT2D eigenvalue weighted by Crippen LogP contribution is -2.32. The van der Waals surface area contributed by atoms with Crippen LogP contribution in [-0.2, 0) is 4.79 Å². The van der Waals surface area contributed by atoms with Crippen LogP contribution in [0, 0.1) is 18.6 Å². The van der Waals surface area contributed by atoms with Crippen LogP contribution in [0.1, 0.15) is 32.3 Å². The van der Waals surface area contributed by atoms with Gasteiger partial charge in [-0.1, -0.05) is 19.9 Å². The number of carbonyl (C=O) groups is 2. The second-order valence-corrected chi connectivity index (χ2v) is 6.00. The van der Waals surface area contributed by atoms with Crippen LogP contribution in [0.2, 0.25) is 0 Å². The van der Waals surface area contributed by atoms with E-state index in [9.17, 15) is 18.4 Å². The molecule has 1 aliphatic heterocycles. The van der Waals surface area contributed by atoms with Crippen LogP contribution >= 0.6 is 0 Å². The summed E-state index contributed by atoms with van der Waals surface area (Å²) in [6.45, 7) is 6.11. The van der Waals surface area contributed by atoms with E-state index in [4.69, 9.17) is 0 Å². The topological polar surface area (TPSA) is 62.3 Å². The van der Waals surface area contributed by atoms with Gasteiger partial charge in [0.15, 0.2) is 11.6 Å². The lowest BCUT2D eigenvalue weighted by atomic mass is 10.1. The highest BCUT2D eigenvalue weighted by molar-refractivity contribution is 6.02. The average molecular weight is 375 g/mol. The van der Waals surface area contributed by atoms with Crippen molar-refractivity contribution in [1.29, 1.82) is 0 Å². The minimum absolute atomic E-state index is 0.0764. The van der Waals surface area contributed by atoms with E-state index in [-0.39, 0.29) is 24.5 Å². The van der Waals surface area contributed by atoms with Crippen molar-refractivity contribution in [2.75, 3.05) is 6.54 Å². The first-order valence-corrected chi connectivity index (χ1v) is 8.93. The summed E-state index contributed by atoms with van der Waals surface area (Å²) in [5.41, 5.74) is 2.25. The lowest BCUT2D eigenvalue weighted by Gasteiger charge is -2.08. The number of imide groups is 1.